The third-order valence-electron chi connectivity index (χ3n) is 1.96. The number of aryl methyl sites for hydroxylation is 1. The molecule has 0 bridgehead atoms. The van der Waals surface area contributed by atoms with E-state index >= 15 is 0 Å². The second-order valence-corrected chi connectivity index (χ2v) is 5.34. The maximum Gasteiger partial charge on any atom is 0.266 e. The highest BCUT2D eigenvalue weighted by atomic mass is 35.5. The molecule has 0 amide bonds. The first-order chi connectivity index (χ1) is 6.89. The van der Waals surface area contributed by atoms with E-state index in [0.29, 0.717) is 0 Å². The first-order valence-electron chi connectivity index (χ1n) is 4.19. The molecule has 1 rings (SSSR count). The molecule has 0 saturated heterocycles. The number of hydrogen-bond acceptors (Lipinski definition) is 3. The molecular weight excluding hydrogens is 238 g/mol. The Hall–Kier alpha value is -0.620. The molecule has 0 spiro atoms. The molecule has 0 fully saturated rings. The molecule has 0 aliphatic carbocycles. The molecule has 0 N–H and O–H groups in total. The van der Waals surface area contributed by atoms with Gasteiger partial charge in [-0.05, 0) is 24.6 Å². The summed E-state index contributed by atoms with van der Waals surface area (Å²) in [7, 11) is -1.07. The van der Waals surface area contributed by atoms with Gasteiger partial charge in [0.2, 0.25) is 0 Å². The van der Waals surface area contributed by atoms with Crippen LogP contribution in [-0.4, -0.2) is 27.0 Å². The van der Waals surface area contributed by atoms with Gasteiger partial charge in [-0.2, -0.15) is 0 Å². The van der Waals surface area contributed by atoms with E-state index in [4.69, 9.17) is 11.6 Å². The van der Waals surface area contributed by atoms with Crippen LogP contribution in [0.1, 0.15) is 5.56 Å². The first kappa shape index (κ1) is 12.4. The second kappa shape index (κ2) is 4.49. The highest BCUT2D eigenvalue weighted by Gasteiger charge is 2.23. The Balaban J connectivity index is 3.28. The fraction of sp³-hybridized carbons (Fsp3) is 0.333. The topological polar surface area (TPSA) is 46.6 Å². The van der Waals surface area contributed by atoms with Gasteiger partial charge in [0.25, 0.3) is 10.0 Å². The van der Waals surface area contributed by atoms with Gasteiger partial charge in [-0.15, -0.1) is 0 Å². The predicted molar refractivity (Wildman–Crippen MR) is 58.1 cm³/mol. The van der Waals surface area contributed by atoms with Crippen LogP contribution < -0.4 is 0 Å². The summed E-state index contributed by atoms with van der Waals surface area (Å²) in [6.07, 6.45) is 0. The van der Waals surface area contributed by atoms with Crippen molar-refractivity contribution >= 4 is 21.6 Å². The van der Waals surface area contributed by atoms with E-state index in [1.54, 1.807) is 12.1 Å². The van der Waals surface area contributed by atoms with Crippen molar-refractivity contribution in [3.05, 3.63) is 28.8 Å². The van der Waals surface area contributed by atoms with E-state index in [2.05, 4.69) is 4.84 Å². The number of sulfonamides is 1. The molecule has 15 heavy (non-hydrogen) atoms. The maximum atomic E-state index is 11.8. The maximum absolute atomic E-state index is 11.8. The summed E-state index contributed by atoms with van der Waals surface area (Å²) >= 11 is 5.85. The number of rotatable bonds is 3. The minimum Gasteiger partial charge on any atom is -0.288 e. The molecule has 0 atom stereocenters. The normalized spacial score (nSPS) is 12.1. The average molecular weight is 250 g/mol. The van der Waals surface area contributed by atoms with Crippen molar-refractivity contribution in [1.82, 2.24) is 4.47 Å². The number of halogens is 1. The Morgan fingerprint density at radius 2 is 2.00 bits per heavy atom. The Bertz CT molecular complexity index is 458. The largest absolute Gasteiger partial charge is 0.288 e. The van der Waals surface area contributed by atoms with Crippen molar-refractivity contribution in [3.8, 4) is 0 Å². The van der Waals surface area contributed by atoms with Crippen LogP contribution in [0.25, 0.3) is 0 Å². The van der Waals surface area contributed by atoms with Gasteiger partial charge < -0.3 is 0 Å². The minimum atomic E-state index is -3.66. The van der Waals surface area contributed by atoms with E-state index in [1.165, 1.54) is 20.2 Å². The molecule has 0 saturated carbocycles. The van der Waals surface area contributed by atoms with Crippen LogP contribution in [0.2, 0.25) is 5.02 Å². The van der Waals surface area contributed by atoms with Gasteiger partial charge in [-0.1, -0.05) is 22.1 Å². The van der Waals surface area contributed by atoms with Gasteiger partial charge >= 0.3 is 0 Å². The Kier molecular flexibility index (Phi) is 3.72. The molecule has 0 aliphatic heterocycles. The van der Waals surface area contributed by atoms with Crippen LogP contribution in [0.5, 0.6) is 0 Å². The molecule has 0 aromatic heterocycles. The summed E-state index contributed by atoms with van der Waals surface area (Å²) in [5.74, 6) is 0. The lowest BCUT2D eigenvalue weighted by Crippen LogP contribution is -2.25. The molecule has 1 aromatic rings. The second-order valence-electron chi connectivity index (χ2n) is 3.03. The Morgan fingerprint density at radius 1 is 1.40 bits per heavy atom. The summed E-state index contributed by atoms with van der Waals surface area (Å²) < 4.78 is 24.4. The molecule has 0 unspecified atom stereocenters. The zero-order chi connectivity index (χ0) is 11.6. The average Bonchev–Trinajstić information content (AvgIpc) is 2.15. The fourth-order valence-corrected chi connectivity index (χ4v) is 2.60. The van der Waals surface area contributed by atoms with Crippen molar-refractivity contribution in [2.45, 2.75) is 11.8 Å². The molecule has 84 valence electrons. The minimum absolute atomic E-state index is 0.0408. The number of nitrogens with zero attached hydrogens (tertiary/aromatic N) is 1. The summed E-state index contributed by atoms with van der Waals surface area (Å²) in [5, 5.41) is 0.193. The van der Waals surface area contributed by atoms with Crippen LogP contribution in [0, 0.1) is 6.92 Å². The van der Waals surface area contributed by atoms with Crippen LogP contribution in [0.15, 0.2) is 23.1 Å². The van der Waals surface area contributed by atoms with Gasteiger partial charge in [-0.3, -0.25) is 4.84 Å². The lowest BCUT2D eigenvalue weighted by atomic mass is 10.2. The molecule has 6 heteroatoms. The summed E-state index contributed by atoms with van der Waals surface area (Å²) in [5.41, 5.74) is 0.902. The molecule has 0 heterocycles. The highest BCUT2D eigenvalue weighted by molar-refractivity contribution is 7.89. The molecule has 4 nitrogen and oxygen atoms in total. The van der Waals surface area contributed by atoms with Gasteiger partial charge in [0, 0.05) is 7.05 Å². The van der Waals surface area contributed by atoms with Crippen molar-refractivity contribution < 1.29 is 13.3 Å². The van der Waals surface area contributed by atoms with Crippen molar-refractivity contribution in [2.24, 2.45) is 0 Å². The Morgan fingerprint density at radius 3 is 2.47 bits per heavy atom. The van der Waals surface area contributed by atoms with E-state index in [-0.39, 0.29) is 9.92 Å². The summed E-state index contributed by atoms with van der Waals surface area (Å²) in [4.78, 5) is 4.68. The first-order valence-corrected chi connectivity index (χ1v) is 6.00. The quantitative estimate of drug-likeness (QED) is 0.768. The molecular formula is C9H12ClNO3S. The van der Waals surface area contributed by atoms with E-state index in [0.717, 1.165) is 10.0 Å². The van der Waals surface area contributed by atoms with Gasteiger partial charge in [0.05, 0.1) is 12.1 Å². The molecule has 1 aromatic carbocycles. The van der Waals surface area contributed by atoms with Crippen molar-refractivity contribution in [2.75, 3.05) is 14.2 Å². The number of hydrogen-bond donors (Lipinski definition) is 0. The number of benzene rings is 1. The van der Waals surface area contributed by atoms with Crippen LogP contribution in [0.4, 0.5) is 0 Å². The smallest absolute Gasteiger partial charge is 0.266 e. The predicted octanol–water partition coefficient (Wildman–Crippen LogP) is 1.83. The standard InChI is InChI=1S/C9H12ClNO3S/c1-7-4-5-9(8(10)6-7)15(12,13)11(2)14-3/h4-6H,1-3H3. The van der Waals surface area contributed by atoms with E-state index in [9.17, 15) is 8.42 Å². The fourth-order valence-electron chi connectivity index (χ4n) is 1.05. The van der Waals surface area contributed by atoms with Crippen LogP contribution in [0.3, 0.4) is 0 Å². The summed E-state index contributed by atoms with van der Waals surface area (Å²) in [6.45, 7) is 1.84. The SMILES string of the molecule is CON(C)S(=O)(=O)c1ccc(C)cc1Cl. The third kappa shape index (κ3) is 2.49. The van der Waals surface area contributed by atoms with Gasteiger partial charge in [0.1, 0.15) is 4.90 Å². The number of hydroxylamine groups is 1. The van der Waals surface area contributed by atoms with Gasteiger partial charge in [-0.25, -0.2) is 8.42 Å². The molecule has 0 aliphatic rings. The lowest BCUT2D eigenvalue weighted by Gasteiger charge is -2.15. The van der Waals surface area contributed by atoms with E-state index < -0.39 is 10.0 Å². The highest BCUT2D eigenvalue weighted by Crippen LogP contribution is 2.24. The zero-order valence-corrected chi connectivity index (χ0v) is 10.3. The van der Waals surface area contributed by atoms with Crippen LogP contribution in [-0.2, 0) is 14.9 Å². The zero-order valence-electron chi connectivity index (χ0n) is 8.69. The van der Waals surface area contributed by atoms with Gasteiger partial charge in [0.15, 0.2) is 0 Å². The summed E-state index contributed by atoms with van der Waals surface area (Å²) in [6, 6.07) is 4.74. The van der Waals surface area contributed by atoms with Crippen molar-refractivity contribution in [1.29, 1.82) is 0 Å². The Labute approximate surface area is 94.4 Å². The molecule has 0 radical (unpaired) electrons. The third-order valence-corrected chi connectivity index (χ3v) is 4.12. The van der Waals surface area contributed by atoms with E-state index in [1.807, 2.05) is 6.92 Å². The lowest BCUT2D eigenvalue weighted by molar-refractivity contribution is -0.0258. The van der Waals surface area contributed by atoms with Crippen LogP contribution >= 0.6 is 11.6 Å². The monoisotopic (exact) mass is 249 g/mol. The van der Waals surface area contributed by atoms with Crippen molar-refractivity contribution in [3.63, 3.8) is 0 Å².